The summed E-state index contributed by atoms with van der Waals surface area (Å²) in [5.74, 6) is -0.375. The normalized spacial score (nSPS) is 31.0. The number of benzene rings is 1. The van der Waals surface area contributed by atoms with Crippen LogP contribution < -0.4 is 5.73 Å². The molecule has 1 unspecified atom stereocenters. The van der Waals surface area contributed by atoms with E-state index in [4.69, 9.17) is 24.7 Å². The average Bonchev–Trinajstić information content (AvgIpc) is 3.44. The highest BCUT2D eigenvalue weighted by Gasteiger charge is 2.56. The van der Waals surface area contributed by atoms with Crippen molar-refractivity contribution in [3.05, 3.63) is 48.0 Å². The van der Waals surface area contributed by atoms with Gasteiger partial charge in [-0.1, -0.05) is 24.3 Å². The van der Waals surface area contributed by atoms with Gasteiger partial charge in [0.1, 0.15) is 30.2 Å². The summed E-state index contributed by atoms with van der Waals surface area (Å²) in [6.45, 7) is 4.26. The molecular formula is C23H27N5O4. The number of imidazole rings is 1. The molecule has 1 aromatic carbocycles. The zero-order valence-electron chi connectivity index (χ0n) is 18.2. The Morgan fingerprint density at radius 2 is 2.00 bits per heavy atom. The van der Waals surface area contributed by atoms with Gasteiger partial charge in [-0.05, 0) is 44.2 Å². The van der Waals surface area contributed by atoms with Gasteiger partial charge in [0, 0.05) is 0 Å². The topological polar surface area (TPSA) is 107 Å². The van der Waals surface area contributed by atoms with Crippen molar-refractivity contribution < 1.29 is 18.9 Å². The maximum atomic E-state index is 6.44. The molecule has 6 rings (SSSR count). The number of fused-ring (bicyclic) bond motifs is 3. The lowest BCUT2D eigenvalue weighted by molar-refractivity contribution is -0.203. The lowest BCUT2D eigenvalue weighted by Gasteiger charge is -2.28. The summed E-state index contributed by atoms with van der Waals surface area (Å²) in [4.78, 5) is 12.8. The lowest BCUT2D eigenvalue weighted by Crippen LogP contribution is -2.33. The van der Waals surface area contributed by atoms with Gasteiger partial charge >= 0.3 is 0 Å². The second-order valence-corrected chi connectivity index (χ2v) is 9.13. The van der Waals surface area contributed by atoms with Crippen LogP contribution in [0.4, 0.5) is 5.82 Å². The van der Waals surface area contributed by atoms with E-state index in [-0.39, 0.29) is 24.4 Å². The summed E-state index contributed by atoms with van der Waals surface area (Å²) in [7, 11) is 0. The number of nitrogen functional groups attached to an aromatic ring is 1. The Morgan fingerprint density at radius 1 is 1.16 bits per heavy atom. The van der Waals surface area contributed by atoms with Crippen LogP contribution in [0.25, 0.3) is 11.2 Å². The molecule has 2 aromatic heterocycles. The van der Waals surface area contributed by atoms with Crippen molar-refractivity contribution in [2.75, 3.05) is 12.3 Å². The fourth-order valence-electron chi connectivity index (χ4n) is 5.17. The molecule has 2 saturated heterocycles. The first-order chi connectivity index (χ1) is 15.5. The molecule has 32 heavy (non-hydrogen) atoms. The molecule has 168 valence electrons. The molecule has 9 heteroatoms. The van der Waals surface area contributed by atoms with Gasteiger partial charge in [-0.3, -0.25) is 4.57 Å². The number of ether oxygens (including phenoxy) is 4. The highest BCUT2D eigenvalue weighted by atomic mass is 16.8. The van der Waals surface area contributed by atoms with E-state index in [2.05, 4.69) is 39.2 Å². The third-order valence-electron chi connectivity index (χ3n) is 6.56. The van der Waals surface area contributed by atoms with Gasteiger partial charge in [0.25, 0.3) is 0 Å². The molecule has 0 bridgehead atoms. The number of nitrogens with zero attached hydrogens (tertiary/aromatic N) is 4. The van der Waals surface area contributed by atoms with Crippen molar-refractivity contribution in [2.45, 2.75) is 69.5 Å². The number of hydrogen-bond acceptors (Lipinski definition) is 8. The summed E-state index contributed by atoms with van der Waals surface area (Å²) in [6, 6.07) is 8.53. The van der Waals surface area contributed by atoms with Crippen LogP contribution in [-0.2, 0) is 25.4 Å². The fourth-order valence-corrected chi connectivity index (χ4v) is 5.17. The van der Waals surface area contributed by atoms with Crippen LogP contribution in [-0.4, -0.2) is 50.2 Å². The van der Waals surface area contributed by atoms with Gasteiger partial charge in [0.05, 0.1) is 19.0 Å². The summed E-state index contributed by atoms with van der Waals surface area (Å²) >= 11 is 0. The SMILES string of the molecule is CC1(C)O[C@@H]2[C@H](O1)[C@@H](COC1CCCc3ccccc31)O[C@H]2n1cnc2c(N)ncnc21. The van der Waals surface area contributed by atoms with Crippen LogP contribution in [0, 0.1) is 0 Å². The second kappa shape index (κ2) is 7.48. The number of aryl methyl sites for hydroxylation is 1. The minimum absolute atomic E-state index is 0.0676. The monoisotopic (exact) mass is 437 g/mol. The molecule has 0 spiro atoms. The summed E-state index contributed by atoms with van der Waals surface area (Å²) < 4.78 is 27.2. The molecule has 2 aliphatic heterocycles. The minimum atomic E-state index is -0.711. The molecule has 1 aliphatic carbocycles. The molecule has 4 heterocycles. The summed E-state index contributed by atoms with van der Waals surface area (Å²) in [5.41, 5.74) is 9.78. The first-order valence-electron chi connectivity index (χ1n) is 11.1. The standard InChI is InChI=1S/C23H27N5O4/c1-23(2)31-18-16(10-29-15-9-5-7-13-6-3-4-8-14(13)15)30-22(19(18)32-23)28-12-27-17-20(24)25-11-26-21(17)28/h3-4,6,8,11-12,15-16,18-19,22H,5,7,9-10H2,1-2H3,(H2,24,25,26)/t15?,16-,18-,19-,22-/m1/s1. The zero-order chi connectivity index (χ0) is 21.9. The first-order valence-corrected chi connectivity index (χ1v) is 11.1. The van der Waals surface area contributed by atoms with Gasteiger partial charge in [-0.15, -0.1) is 0 Å². The van der Waals surface area contributed by atoms with E-state index in [9.17, 15) is 0 Å². The minimum Gasteiger partial charge on any atom is -0.382 e. The van der Waals surface area contributed by atoms with Crippen LogP contribution in [0.1, 0.15) is 50.1 Å². The highest BCUT2D eigenvalue weighted by molar-refractivity contribution is 5.81. The molecule has 2 fully saturated rings. The number of rotatable bonds is 4. The van der Waals surface area contributed by atoms with Crippen molar-refractivity contribution in [1.29, 1.82) is 0 Å². The van der Waals surface area contributed by atoms with Gasteiger partial charge in [0.2, 0.25) is 0 Å². The largest absolute Gasteiger partial charge is 0.382 e. The zero-order valence-corrected chi connectivity index (χ0v) is 18.2. The maximum Gasteiger partial charge on any atom is 0.167 e. The number of hydrogen-bond donors (Lipinski definition) is 1. The molecule has 9 nitrogen and oxygen atoms in total. The Bertz CT molecular complexity index is 1150. The Hall–Kier alpha value is -2.59. The third-order valence-corrected chi connectivity index (χ3v) is 6.56. The van der Waals surface area contributed by atoms with Crippen LogP contribution >= 0.6 is 0 Å². The van der Waals surface area contributed by atoms with Gasteiger partial charge in [0.15, 0.2) is 23.5 Å². The molecule has 3 aliphatic rings. The van der Waals surface area contributed by atoms with E-state index in [0.29, 0.717) is 23.6 Å². The second-order valence-electron chi connectivity index (χ2n) is 9.13. The number of anilines is 1. The van der Waals surface area contributed by atoms with E-state index < -0.39 is 12.0 Å². The third kappa shape index (κ3) is 3.27. The lowest BCUT2D eigenvalue weighted by atomic mass is 9.89. The van der Waals surface area contributed by atoms with Crippen molar-refractivity contribution >= 4 is 17.0 Å². The Balaban J connectivity index is 1.26. The fraction of sp³-hybridized carbons (Fsp3) is 0.522. The Kier molecular flexibility index (Phi) is 4.69. The molecule has 5 atom stereocenters. The van der Waals surface area contributed by atoms with Crippen molar-refractivity contribution in [1.82, 2.24) is 19.5 Å². The molecule has 3 aromatic rings. The van der Waals surface area contributed by atoms with Crippen molar-refractivity contribution in [3.63, 3.8) is 0 Å². The van der Waals surface area contributed by atoms with E-state index in [1.165, 1.54) is 17.5 Å². The maximum absolute atomic E-state index is 6.44. The summed E-state index contributed by atoms with van der Waals surface area (Å²) in [6.07, 6.45) is 5.10. The number of nitrogens with two attached hydrogens (primary N) is 1. The molecule has 0 amide bonds. The highest BCUT2D eigenvalue weighted by Crippen LogP contribution is 2.44. The van der Waals surface area contributed by atoms with E-state index in [1.807, 2.05) is 18.4 Å². The predicted octanol–water partition coefficient (Wildman–Crippen LogP) is 2.92. The summed E-state index contributed by atoms with van der Waals surface area (Å²) in [5, 5.41) is 0. The number of aromatic nitrogens is 4. The van der Waals surface area contributed by atoms with Gasteiger partial charge < -0.3 is 24.7 Å². The van der Waals surface area contributed by atoms with E-state index in [0.717, 1.165) is 19.3 Å². The van der Waals surface area contributed by atoms with Crippen LogP contribution in [0.2, 0.25) is 0 Å². The quantitative estimate of drug-likeness (QED) is 0.664. The molecular weight excluding hydrogens is 410 g/mol. The van der Waals surface area contributed by atoms with Crippen molar-refractivity contribution in [2.24, 2.45) is 0 Å². The van der Waals surface area contributed by atoms with Crippen LogP contribution in [0.15, 0.2) is 36.9 Å². The Labute approximate surface area is 185 Å². The van der Waals surface area contributed by atoms with E-state index in [1.54, 1.807) is 6.33 Å². The smallest absolute Gasteiger partial charge is 0.167 e. The average molecular weight is 438 g/mol. The molecule has 0 radical (unpaired) electrons. The Morgan fingerprint density at radius 3 is 2.91 bits per heavy atom. The van der Waals surface area contributed by atoms with E-state index >= 15 is 0 Å². The van der Waals surface area contributed by atoms with Crippen molar-refractivity contribution in [3.8, 4) is 0 Å². The van der Waals surface area contributed by atoms with Gasteiger partial charge in [-0.2, -0.15) is 0 Å². The predicted molar refractivity (Wildman–Crippen MR) is 116 cm³/mol. The van der Waals surface area contributed by atoms with Gasteiger partial charge in [-0.25, -0.2) is 15.0 Å². The molecule has 2 N–H and O–H groups in total. The van der Waals surface area contributed by atoms with Crippen LogP contribution in [0.3, 0.4) is 0 Å². The first kappa shape index (κ1) is 20.0. The van der Waals surface area contributed by atoms with Crippen LogP contribution in [0.5, 0.6) is 0 Å². The molecule has 0 saturated carbocycles.